The van der Waals surface area contributed by atoms with E-state index in [-0.39, 0.29) is 5.82 Å². The summed E-state index contributed by atoms with van der Waals surface area (Å²) in [5.41, 5.74) is 0.321. The molecule has 0 saturated heterocycles. The highest BCUT2D eigenvalue weighted by molar-refractivity contribution is 5.89. The first-order chi connectivity index (χ1) is 7.13. The molecule has 1 aromatic rings. The lowest BCUT2D eigenvalue weighted by Gasteiger charge is -2.06. The van der Waals surface area contributed by atoms with Crippen molar-refractivity contribution in [2.24, 2.45) is 0 Å². The van der Waals surface area contributed by atoms with Crippen LogP contribution in [-0.4, -0.2) is 12.1 Å². The Morgan fingerprint density at radius 2 is 2.00 bits per heavy atom. The molecule has 0 bridgehead atoms. The summed E-state index contributed by atoms with van der Waals surface area (Å²) in [5.74, 6) is 4.46. The first-order valence-corrected chi connectivity index (χ1v) is 4.52. The molecule has 0 heterocycles. The van der Waals surface area contributed by atoms with E-state index < -0.39 is 12.1 Å². The van der Waals surface area contributed by atoms with Gasteiger partial charge in [-0.25, -0.2) is 9.18 Å². The predicted octanol–water partition coefficient (Wildman–Crippen LogP) is 2.39. The summed E-state index contributed by atoms with van der Waals surface area (Å²) in [4.78, 5) is 11.4. The largest absolute Gasteiger partial charge is 0.446 e. The second kappa shape index (κ2) is 5.16. The highest BCUT2D eigenvalue weighted by Crippen LogP contribution is 2.05. The van der Waals surface area contributed by atoms with Gasteiger partial charge in [0.15, 0.2) is 6.10 Å². The molecule has 0 aliphatic heterocycles. The maximum atomic E-state index is 12.6. The molecule has 0 saturated carbocycles. The number of hydrogen-bond donors (Lipinski definition) is 0. The number of ether oxygens (including phenoxy) is 1. The Kier molecular flexibility index (Phi) is 3.87. The zero-order valence-corrected chi connectivity index (χ0v) is 8.58. The maximum absolute atomic E-state index is 12.6. The molecular weight excluding hydrogens is 195 g/mol. The second-order valence-electron chi connectivity index (χ2n) is 2.95. The number of carbonyl (C=O) groups is 1. The Morgan fingerprint density at radius 3 is 2.53 bits per heavy atom. The smallest absolute Gasteiger partial charge is 0.339 e. The monoisotopic (exact) mass is 206 g/mol. The number of benzene rings is 1. The van der Waals surface area contributed by atoms with Crippen molar-refractivity contribution in [3.8, 4) is 11.8 Å². The van der Waals surface area contributed by atoms with Crippen LogP contribution in [0.5, 0.6) is 0 Å². The molecule has 15 heavy (non-hydrogen) atoms. The number of esters is 1. The van der Waals surface area contributed by atoms with Crippen molar-refractivity contribution in [1.82, 2.24) is 0 Å². The summed E-state index contributed by atoms with van der Waals surface area (Å²) in [6.45, 7) is 3.35. The van der Waals surface area contributed by atoms with E-state index in [0.29, 0.717) is 5.56 Å². The third kappa shape index (κ3) is 3.43. The highest BCUT2D eigenvalue weighted by atomic mass is 19.1. The van der Waals surface area contributed by atoms with Crippen molar-refractivity contribution in [3.63, 3.8) is 0 Å². The van der Waals surface area contributed by atoms with E-state index >= 15 is 0 Å². The molecule has 1 atom stereocenters. The van der Waals surface area contributed by atoms with Crippen molar-refractivity contribution in [2.45, 2.75) is 20.0 Å². The molecule has 1 unspecified atom stereocenters. The van der Waals surface area contributed by atoms with E-state index in [1.54, 1.807) is 13.8 Å². The summed E-state index contributed by atoms with van der Waals surface area (Å²) in [5, 5.41) is 0. The number of halogens is 1. The van der Waals surface area contributed by atoms with Gasteiger partial charge in [0.2, 0.25) is 0 Å². The molecule has 0 aromatic heterocycles. The van der Waals surface area contributed by atoms with Gasteiger partial charge in [0, 0.05) is 0 Å². The topological polar surface area (TPSA) is 26.3 Å². The summed E-state index contributed by atoms with van der Waals surface area (Å²) in [6.07, 6.45) is -0.451. The minimum Gasteiger partial charge on any atom is -0.446 e. The summed E-state index contributed by atoms with van der Waals surface area (Å²) < 4.78 is 17.5. The van der Waals surface area contributed by atoms with Crippen molar-refractivity contribution < 1.29 is 13.9 Å². The normalized spacial score (nSPS) is 11.1. The van der Waals surface area contributed by atoms with Gasteiger partial charge < -0.3 is 4.74 Å². The molecule has 0 spiro atoms. The molecule has 0 aliphatic rings. The zero-order chi connectivity index (χ0) is 11.3. The fourth-order valence-corrected chi connectivity index (χ4v) is 1.05. The molecule has 0 amide bonds. The van der Waals surface area contributed by atoms with Crippen LogP contribution in [0, 0.1) is 17.7 Å². The third-order valence-electron chi connectivity index (χ3n) is 1.71. The van der Waals surface area contributed by atoms with E-state index in [4.69, 9.17) is 4.74 Å². The molecular formula is C12H11FO2. The molecule has 1 rings (SSSR count). The van der Waals surface area contributed by atoms with Crippen LogP contribution in [0.25, 0.3) is 0 Å². The van der Waals surface area contributed by atoms with Gasteiger partial charge in [-0.2, -0.15) is 0 Å². The van der Waals surface area contributed by atoms with E-state index in [1.807, 2.05) is 0 Å². The Hall–Kier alpha value is -1.82. The van der Waals surface area contributed by atoms with E-state index in [2.05, 4.69) is 11.8 Å². The lowest BCUT2D eigenvalue weighted by atomic mass is 10.2. The van der Waals surface area contributed by atoms with Gasteiger partial charge in [0.25, 0.3) is 0 Å². The van der Waals surface area contributed by atoms with Crippen LogP contribution in [0.15, 0.2) is 24.3 Å². The summed E-state index contributed by atoms with van der Waals surface area (Å²) >= 11 is 0. The van der Waals surface area contributed by atoms with Gasteiger partial charge in [-0.3, -0.25) is 0 Å². The number of hydrogen-bond acceptors (Lipinski definition) is 2. The molecule has 3 heteroatoms. The van der Waals surface area contributed by atoms with Crippen molar-refractivity contribution in [3.05, 3.63) is 35.6 Å². The fourth-order valence-electron chi connectivity index (χ4n) is 1.05. The second-order valence-corrected chi connectivity index (χ2v) is 2.95. The third-order valence-corrected chi connectivity index (χ3v) is 1.71. The maximum Gasteiger partial charge on any atom is 0.339 e. The average molecular weight is 206 g/mol. The first-order valence-electron chi connectivity index (χ1n) is 4.52. The average Bonchev–Trinajstić information content (AvgIpc) is 2.18. The van der Waals surface area contributed by atoms with Crippen LogP contribution in [0.2, 0.25) is 0 Å². The number of carbonyl (C=O) groups excluding carboxylic acids is 1. The van der Waals surface area contributed by atoms with Crippen molar-refractivity contribution in [2.75, 3.05) is 0 Å². The van der Waals surface area contributed by atoms with Crippen LogP contribution in [0.4, 0.5) is 4.39 Å². The predicted molar refractivity (Wildman–Crippen MR) is 54.7 cm³/mol. The highest BCUT2D eigenvalue weighted by Gasteiger charge is 2.09. The van der Waals surface area contributed by atoms with Crippen LogP contribution in [0.1, 0.15) is 24.2 Å². The van der Waals surface area contributed by atoms with Crippen LogP contribution >= 0.6 is 0 Å². The van der Waals surface area contributed by atoms with Crippen molar-refractivity contribution in [1.29, 1.82) is 0 Å². The number of rotatable bonds is 2. The zero-order valence-electron chi connectivity index (χ0n) is 8.58. The molecule has 1 aromatic carbocycles. The van der Waals surface area contributed by atoms with E-state index in [0.717, 1.165) is 0 Å². The van der Waals surface area contributed by atoms with Gasteiger partial charge in [0.05, 0.1) is 5.56 Å². The van der Waals surface area contributed by atoms with Gasteiger partial charge >= 0.3 is 5.97 Å². The van der Waals surface area contributed by atoms with E-state index in [9.17, 15) is 9.18 Å². The van der Waals surface area contributed by atoms with Crippen LogP contribution < -0.4 is 0 Å². The lowest BCUT2D eigenvalue weighted by Crippen LogP contribution is -2.13. The molecule has 0 fully saturated rings. The summed E-state index contributed by atoms with van der Waals surface area (Å²) in [7, 11) is 0. The molecule has 0 aliphatic carbocycles. The van der Waals surface area contributed by atoms with Gasteiger partial charge in [-0.1, -0.05) is 5.92 Å². The Balaban J connectivity index is 2.68. The SMILES string of the molecule is CC#CC(C)OC(=O)c1ccc(F)cc1. The molecule has 0 N–H and O–H groups in total. The first kappa shape index (κ1) is 11.3. The van der Waals surface area contributed by atoms with E-state index in [1.165, 1.54) is 24.3 Å². The minimum atomic E-state index is -0.495. The lowest BCUT2D eigenvalue weighted by molar-refractivity contribution is 0.0438. The Labute approximate surface area is 88.1 Å². The standard InChI is InChI=1S/C12H11FO2/c1-3-4-9(2)15-12(14)10-5-7-11(13)8-6-10/h5-9H,1-2H3. The molecule has 78 valence electrons. The Bertz CT molecular complexity index is 398. The summed E-state index contributed by atoms with van der Waals surface area (Å²) in [6, 6.07) is 5.19. The van der Waals surface area contributed by atoms with Gasteiger partial charge in [-0.15, -0.1) is 5.92 Å². The van der Waals surface area contributed by atoms with Crippen molar-refractivity contribution >= 4 is 5.97 Å². The van der Waals surface area contributed by atoms with Gasteiger partial charge in [0.1, 0.15) is 5.82 Å². The molecule has 2 nitrogen and oxygen atoms in total. The minimum absolute atomic E-state index is 0.321. The fraction of sp³-hybridized carbons (Fsp3) is 0.250. The van der Waals surface area contributed by atoms with Gasteiger partial charge in [-0.05, 0) is 38.1 Å². The molecule has 0 radical (unpaired) electrons. The Morgan fingerprint density at radius 1 is 1.40 bits per heavy atom. The van der Waals surface area contributed by atoms with Crippen LogP contribution in [-0.2, 0) is 4.74 Å². The quantitative estimate of drug-likeness (QED) is 0.548. The van der Waals surface area contributed by atoms with Crippen LogP contribution in [0.3, 0.4) is 0 Å².